The average Bonchev–Trinajstić information content (AvgIpc) is 2.50. The van der Waals surface area contributed by atoms with Crippen molar-refractivity contribution in [2.75, 3.05) is 13.1 Å². The highest BCUT2D eigenvalue weighted by Crippen LogP contribution is 2.19. The summed E-state index contributed by atoms with van der Waals surface area (Å²) < 4.78 is 5.64. The van der Waals surface area contributed by atoms with Gasteiger partial charge in [0.05, 0.1) is 0 Å². The van der Waals surface area contributed by atoms with E-state index in [1.807, 2.05) is 45.0 Å². The largest absolute Gasteiger partial charge is 0.481 e. The Bertz CT molecular complexity index is 545. The number of hydrogen-bond donors (Lipinski definition) is 2. The second-order valence-corrected chi connectivity index (χ2v) is 7.28. The molecule has 0 heterocycles. The highest BCUT2D eigenvalue weighted by molar-refractivity contribution is 5.82. The van der Waals surface area contributed by atoms with E-state index in [-0.39, 0.29) is 11.8 Å². The molecule has 0 aromatic heterocycles. The fourth-order valence-corrected chi connectivity index (χ4v) is 1.96. The minimum atomic E-state index is -0.590. The van der Waals surface area contributed by atoms with Crippen molar-refractivity contribution in [2.24, 2.45) is 5.41 Å². The van der Waals surface area contributed by atoms with Gasteiger partial charge in [-0.05, 0) is 30.5 Å². The maximum absolute atomic E-state index is 12.0. The lowest BCUT2D eigenvalue weighted by molar-refractivity contribution is -0.129. The van der Waals surface area contributed by atoms with Gasteiger partial charge in [0.1, 0.15) is 5.75 Å². The lowest BCUT2D eigenvalue weighted by Gasteiger charge is -2.18. The third-order valence-corrected chi connectivity index (χ3v) is 3.62. The quantitative estimate of drug-likeness (QED) is 0.754. The maximum Gasteiger partial charge on any atom is 0.260 e. The smallest absolute Gasteiger partial charge is 0.260 e. The number of ether oxygens (including phenoxy) is 1. The summed E-state index contributed by atoms with van der Waals surface area (Å²) >= 11 is 0. The Morgan fingerprint density at radius 1 is 1.00 bits per heavy atom. The van der Waals surface area contributed by atoms with E-state index in [0.29, 0.717) is 24.8 Å². The highest BCUT2D eigenvalue weighted by atomic mass is 16.5. The summed E-state index contributed by atoms with van der Waals surface area (Å²) in [5.74, 6) is 0.894. The van der Waals surface area contributed by atoms with Gasteiger partial charge in [-0.15, -0.1) is 0 Å². The van der Waals surface area contributed by atoms with Crippen LogP contribution < -0.4 is 15.4 Å². The Morgan fingerprint density at radius 3 is 2.04 bits per heavy atom. The molecular weight excluding hydrogens is 304 g/mol. The number of rotatable bonds is 7. The van der Waals surface area contributed by atoms with Crippen LogP contribution in [0, 0.1) is 5.41 Å². The first-order valence-corrected chi connectivity index (χ1v) is 8.44. The normalized spacial score (nSPS) is 12.6. The van der Waals surface area contributed by atoms with E-state index >= 15 is 0 Å². The lowest BCUT2D eigenvalue weighted by Crippen LogP contribution is -2.42. The first-order chi connectivity index (χ1) is 11.1. The van der Waals surface area contributed by atoms with Crippen LogP contribution in [0.4, 0.5) is 0 Å². The van der Waals surface area contributed by atoms with Gasteiger partial charge in [-0.1, -0.05) is 46.8 Å². The summed E-state index contributed by atoms with van der Waals surface area (Å²) in [6, 6.07) is 7.77. The van der Waals surface area contributed by atoms with E-state index in [1.54, 1.807) is 6.92 Å². The molecule has 0 aliphatic heterocycles. The van der Waals surface area contributed by atoms with Gasteiger partial charge in [-0.2, -0.15) is 0 Å². The Balaban J connectivity index is 2.36. The molecule has 24 heavy (non-hydrogen) atoms. The van der Waals surface area contributed by atoms with Crippen molar-refractivity contribution in [1.29, 1.82) is 0 Å². The fourth-order valence-electron chi connectivity index (χ4n) is 1.96. The zero-order chi connectivity index (χ0) is 18.3. The molecule has 0 aliphatic carbocycles. The molecule has 0 spiro atoms. The van der Waals surface area contributed by atoms with Gasteiger partial charge in [-0.3, -0.25) is 9.59 Å². The number of hydrogen-bond acceptors (Lipinski definition) is 3. The van der Waals surface area contributed by atoms with Crippen LogP contribution >= 0.6 is 0 Å². The van der Waals surface area contributed by atoms with Gasteiger partial charge >= 0.3 is 0 Å². The molecule has 0 radical (unpaired) electrons. The van der Waals surface area contributed by atoms with Crippen molar-refractivity contribution in [2.45, 2.75) is 53.6 Å². The Morgan fingerprint density at radius 2 is 1.54 bits per heavy atom. The summed E-state index contributed by atoms with van der Waals surface area (Å²) in [7, 11) is 0. The van der Waals surface area contributed by atoms with Gasteiger partial charge in [0.15, 0.2) is 6.10 Å². The third kappa shape index (κ3) is 6.60. The van der Waals surface area contributed by atoms with E-state index in [0.717, 1.165) is 0 Å². The SMILES string of the molecule is CC(Oc1ccc(C(C)C)cc1)C(=O)NCCNC(=O)C(C)(C)C. The van der Waals surface area contributed by atoms with Crippen molar-refractivity contribution in [3.05, 3.63) is 29.8 Å². The van der Waals surface area contributed by atoms with Crippen LogP contribution in [0.25, 0.3) is 0 Å². The third-order valence-electron chi connectivity index (χ3n) is 3.62. The van der Waals surface area contributed by atoms with Crippen molar-refractivity contribution in [3.8, 4) is 5.75 Å². The molecular formula is C19H30N2O3. The average molecular weight is 334 g/mol. The van der Waals surface area contributed by atoms with E-state index in [4.69, 9.17) is 4.74 Å². The molecule has 0 bridgehead atoms. The molecule has 0 saturated heterocycles. The fraction of sp³-hybridized carbons (Fsp3) is 0.579. The van der Waals surface area contributed by atoms with Crippen molar-refractivity contribution in [3.63, 3.8) is 0 Å². The molecule has 2 amide bonds. The molecule has 0 fully saturated rings. The number of amides is 2. The van der Waals surface area contributed by atoms with Gasteiger partial charge in [0, 0.05) is 18.5 Å². The molecule has 0 aliphatic rings. The van der Waals surface area contributed by atoms with E-state index in [1.165, 1.54) is 5.56 Å². The zero-order valence-electron chi connectivity index (χ0n) is 15.6. The topological polar surface area (TPSA) is 67.4 Å². The van der Waals surface area contributed by atoms with Crippen molar-refractivity contribution in [1.82, 2.24) is 10.6 Å². The van der Waals surface area contributed by atoms with E-state index in [2.05, 4.69) is 24.5 Å². The Labute approximate surface area is 145 Å². The number of benzene rings is 1. The summed E-state index contributed by atoms with van der Waals surface area (Å²) in [4.78, 5) is 23.7. The Hall–Kier alpha value is -2.04. The van der Waals surface area contributed by atoms with Crippen molar-refractivity contribution < 1.29 is 14.3 Å². The van der Waals surface area contributed by atoms with Crippen LogP contribution in [0.2, 0.25) is 0 Å². The Kier molecular flexibility index (Phi) is 7.26. The summed E-state index contributed by atoms with van der Waals surface area (Å²) in [5, 5.41) is 5.55. The van der Waals surface area contributed by atoms with Gasteiger partial charge < -0.3 is 15.4 Å². The zero-order valence-corrected chi connectivity index (χ0v) is 15.6. The predicted octanol–water partition coefficient (Wildman–Crippen LogP) is 2.86. The molecule has 1 rings (SSSR count). The van der Waals surface area contributed by atoms with Gasteiger partial charge in [-0.25, -0.2) is 0 Å². The minimum absolute atomic E-state index is 0.0358. The summed E-state index contributed by atoms with van der Waals surface area (Å²) in [6.45, 7) is 12.3. The molecule has 5 nitrogen and oxygen atoms in total. The second-order valence-electron chi connectivity index (χ2n) is 7.28. The molecule has 0 saturated carbocycles. The monoisotopic (exact) mass is 334 g/mol. The second kappa shape index (κ2) is 8.71. The lowest BCUT2D eigenvalue weighted by atomic mass is 9.96. The van der Waals surface area contributed by atoms with Gasteiger partial charge in [0.2, 0.25) is 5.91 Å². The number of carbonyl (C=O) groups excluding carboxylic acids is 2. The molecule has 2 N–H and O–H groups in total. The van der Waals surface area contributed by atoms with Crippen LogP contribution in [0.3, 0.4) is 0 Å². The molecule has 134 valence electrons. The van der Waals surface area contributed by atoms with E-state index < -0.39 is 11.5 Å². The molecule has 1 unspecified atom stereocenters. The van der Waals surface area contributed by atoms with Crippen LogP contribution in [0.15, 0.2) is 24.3 Å². The first kappa shape index (κ1) is 20.0. The minimum Gasteiger partial charge on any atom is -0.481 e. The summed E-state index contributed by atoms with van der Waals surface area (Å²) in [6.07, 6.45) is -0.590. The standard InChI is InChI=1S/C19H30N2O3/c1-13(2)15-7-9-16(10-8-15)24-14(3)17(22)20-11-12-21-18(23)19(4,5)6/h7-10,13-14H,11-12H2,1-6H3,(H,20,22)(H,21,23). The van der Waals surface area contributed by atoms with Crippen molar-refractivity contribution >= 4 is 11.8 Å². The van der Waals surface area contributed by atoms with Crippen LogP contribution in [0.1, 0.15) is 53.0 Å². The maximum atomic E-state index is 12.0. The number of carbonyl (C=O) groups is 2. The molecule has 1 aromatic carbocycles. The first-order valence-electron chi connectivity index (χ1n) is 8.44. The van der Waals surface area contributed by atoms with E-state index in [9.17, 15) is 9.59 Å². The van der Waals surface area contributed by atoms with Crippen LogP contribution in [-0.4, -0.2) is 31.0 Å². The highest BCUT2D eigenvalue weighted by Gasteiger charge is 2.20. The molecule has 1 aromatic rings. The summed E-state index contributed by atoms with van der Waals surface area (Å²) in [5.41, 5.74) is 0.803. The number of nitrogens with one attached hydrogen (secondary N) is 2. The van der Waals surface area contributed by atoms with Gasteiger partial charge in [0.25, 0.3) is 5.91 Å². The predicted molar refractivity (Wildman–Crippen MR) is 96.1 cm³/mol. The van der Waals surface area contributed by atoms with Crippen LogP contribution in [0.5, 0.6) is 5.75 Å². The molecule has 1 atom stereocenters. The van der Waals surface area contributed by atoms with Crippen LogP contribution in [-0.2, 0) is 9.59 Å². The molecule has 5 heteroatoms.